The van der Waals surface area contributed by atoms with Gasteiger partial charge in [-0.2, -0.15) is 5.10 Å². The Morgan fingerprint density at radius 3 is 2.80 bits per heavy atom. The minimum absolute atomic E-state index is 0.660. The second-order valence-electron chi connectivity index (χ2n) is 4.48. The molecule has 0 radical (unpaired) electrons. The Bertz CT molecular complexity index is 419. The highest BCUT2D eigenvalue weighted by molar-refractivity contribution is 9.10. The Balaban J connectivity index is 2.52. The van der Waals surface area contributed by atoms with E-state index in [0.717, 1.165) is 42.8 Å². The lowest BCUT2D eigenvalue weighted by molar-refractivity contribution is 0.183. The van der Waals surface area contributed by atoms with E-state index < -0.39 is 0 Å². The molecule has 0 unspecified atom stereocenters. The van der Waals surface area contributed by atoms with Crippen LogP contribution in [0.5, 0.6) is 0 Å². The Morgan fingerprint density at radius 1 is 1.35 bits per heavy atom. The van der Waals surface area contributed by atoms with Gasteiger partial charge in [-0.15, -0.1) is 0 Å². The second kappa shape index (κ2) is 10.1. The number of ether oxygens (including phenoxy) is 2. The number of rotatable bonds is 10. The van der Waals surface area contributed by atoms with Crippen molar-refractivity contribution in [1.82, 2.24) is 15.1 Å². The van der Waals surface area contributed by atoms with Crippen LogP contribution in [-0.4, -0.2) is 50.3 Å². The minimum atomic E-state index is 0.660. The first kappa shape index (κ1) is 17.4. The van der Waals surface area contributed by atoms with Crippen molar-refractivity contribution in [2.24, 2.45) is 0 Å². The molecule has 114 valence electrons. The van der Waals surface area contributed by atoms with Gasteiger partial charge in [0.05, 0.1) is 36.1 Å². The van der Waals surface area contributed by atoms with Crippen molar-refractivity contribution in [2.45, 2.75) is 19.9 Å². The zero-order valence-corrected chi connectivity index (χ0v) is 14.1. The van der Waals surface area contributed by atoms with Crippen molar-refractivity contribution in [3.05, 3.63) is 22.4 Å². The van der Waals surface area contributed by atoms with Gasteiger partial charge in [0, 0.05) is 20.8 Å². The van der Waals surface area contributed by atoms with Gasteiger partial charge >= 0.3 is 0 Å². The van der Waals surface area contributed by atoms with Gasteiger partial charge in [0.2, 0.25) is 0 Å². The van der Waals surface area contributed by atoms with E-state index in [-0.39, 0.29) is 0 Å². The van der Waals surface area contributed by atoms with Crippen LogP contribution in [0.25, 0.3) is 5.57 Å². The zero-order chi connectivity index (χ0) is 14.8. The van der Waals surface area contributed by atoms with E-state index in [1.54, 1.807) is 14.2 Å². The average molecular weight is 346 g/mol. The lowest BCUT2D eigenvalue weighted by Gasteiger charge is -2.08. The molecule has 0 fully saturated rings. The lowest BCUT2D eigenvalue weighted by Crippen LogP contribution is -2.19. The Morgan fingerprint density at radius 2 is 2.10 bits per heavy atom. The summed E-state index contributed by atoms with van der Waals surface area (Å²) in [7, 11) is 3.41. The monoisotopic (exact) mass is 345 g/mol. The van der Waals surface area contributed by atoms with E-state index in [9.17, 15) is 0 Å². The van der Waals surface area contributed by atoms with Crippen LogP contribution in [0.1, 0.15) is 19.0 Å². The Hall–Kier alpha value is -0.690. The van der Waals surface area contributed by atoms with Crippen LogP contribution in [0.2, 0.25) is 0 Å². The standard InChI is InChI=1S/C14H24BrN3O2/c1-12(5-4-6-16-7-9-19-2)14-13(15)11-17-18(14)8-10-20-3/h5,11,16H,4,6-10H2,1-3H3/b12-5-. The second-order valence-corrected chi connectivity index (χ2v) is 5.33. The van der Waals surface area contributed by atoms with Crippen LogP contribution in [0.3, 0.4) is 0 Å². The molecule has 0 atom stereocenters. The smallest absolute Gasteiger partial charge is 0.0779 e. The van der Waals surface area contributed by atoms with Crippen molar-refractivity contribution in [1.29, 1.82) is 0 Å². The van der Waals surface area contributed by atoms with Crippen LogP contribution in [-0.2, 0) is 16.0 Å². The van der Waals surface area contributed by atoms with Crippen LogP contribution >= 0.6 is 15.9 Å². The van der Waals surface area contributed by atoms with Crippen LogP contribution < -0.4 is 5.32 Å². The largest absolute Gasteiger partial charge is 0.383 e. The maximum atomic E-state index is 5.11. The molecule has 0 aliphatic heterocycles. The average Bonchev–Trinajstić information content (AvgIpc) is 2.81. The summed E-state index contributed by atoms with van der Waals surface area (Å²) < 4.78 is 13.1. The predicted molar refractivity (Wildman–Crippen MR) is 84.8 cm³/mol. The van der Waals surface area contributed by atoms with Gasteiger partial charge in [0.25, 0.3) is 0 Å². The molecule has 0 aliphatic carbocycles. The van der Waals surface area contributed by atoms with Crippen LogP contribution in [0.15, 0.2) is 16.7 Å². The first-order valence-corrected chi connectivity index (χ1v) is 7.57. The van der Waals surface area contributed by atoms with E-state index in [1.165, 1.54) is 5.57 Å². The third kappa shape index (κ3) is 5.75. The first-order valence-electron chi connectivity index (χ1n) is 6.77. The van der Waals surface area contributed by atoms with Gasteiger partial charge in [-0.25, -0.2) is 0 Å². The molecule has 0 spiro atoms. The van der Waals surface area contributed by atoms with E-state index in [1.807, 2.05) is 10.9 Å². The molecule has 1 aromatic heterocycles. The van der Waals surface area contributed by atoms with Gasteiger partial charge in [-0.1, -0.05) is 6.08 Å². The zero-order valence-electron chi connectivity index (χ0n) is 12.5. The number of methoxy groups -OCH3 is 2. The molecule has 1 rings (SSSR count). The molecule has 1 heterocycles. The fourth-order valence-corrected chi connectivity index (χ4v) is 2.50. The van der Waals surface area contributed by atoms with Crippen molar-refractivity contribution >= 4 is 21.5 Å². The highest BCUT2D eigenvalue weighted by atomic mass is 79.9. The third-order valence-electron chi connectivity index (χ3n) is 2.93. The molecule has 0 aliphatic rings. The molecule has 1 N–H and O–H groups in total. The Kier molecular flexibility index (Phi) is 8.77. The number of hydrogen-bond donors (Lipinski definition) is 1. The number of allylic oxidation sites excluding steroid dienone is 1. The molecule has 0 bridgehead atoms. The molecule has 5 nitrogen and oxygen atoms in total. The fourth-order valence-electron chi connectivity index (χ4n) is 1.89. The Labute approximate surface area is 129 Å². The minimum Gasteiger partial charge on any atom is -0.383 e. The van der Waals surface area contributed by atoms with Crippen LogP contribution in [0, 0.1) is 0 Å². The topological polar surface area (TPSA) is 48.3 Å². The van der Waals surface area contributed by atoms with Crippen LogP contribution in [0.4, 0.5) is 0 Å². The number of hydrogen-bond acceptors (Lipinski definition) is 4. The van der Waals surface area contributed by atoms with Crippen molar-refractivity contribution in [3.63, 3.8) is 0 Å². The number of aromatic nitrogens is 2. The maximum Gasteiger partial charge on any atom is 0.0779 e. The van der Waals surface area contributed by atoms with Crippen molar-refractivity contribution in [2.75, 3.05) is 40.5 Å². The normalized spacial score (nSPS) is 12.1. The van der Waals surface area contributed by atoms with E-state index in [2.05, 4.69) is 39.3 Å². The summed E-state index contributed by atoms with van der Waals surface area (Å²) in [5.74, 6) is 0. The molecule has 0 aromatic carbocycles. The highest BCUT2D eigenvalue weighted by Gasteiger charge is 2.09. The summed E-state index contributed by atoms with van der Waals surface area (Å²) in [6.45, 7) is 6.11. The SMILES string of the molecule is COCCNCC/C=C(/C)c1c(Br)cnn1CCOC. The van der Waals surface area contributed by atoms with Gasteiger partial charge in [0.15, 0.2) is 0 Å². The lowest BCUT2D eigenvalue weighted by atomic mass is 10.2. The summed E-state index contributed by atoms with van der Waals surface area (Å²) in [4.78, 5) is 0. The first-order chi connectivity index (χ1) is 9.70. The summed E-state index contributed by atoms with van der Waals surface area (Å²) in [5, 5.41) is 7.69. The summed E-state index contributed by atoms with van der Waals surface area (Å²) in [6, 6.07) is 0. The quantitative estimate of drug-likeness (QED) is 0.661. The molecule has 20 heavy (non-hydrogen) atoms. The van der Waals surface area contributed by atoms with Gasteiger partial charge in [-0.3, -0.25) is 4.68 Å². The van der Waals surface area contributed by atoms with E-state index in [4.69, 9.17) is 9.47 Å². The summed E-state index contributed by atoms with van der Waals surface area (Å²) in [6.07, 6.45) is 5.04. The number of nitrogens with zero attached hydrogens (tertiary/aromatic N) is 2. The number of halogens is 1. The molecule has 1 aromatic rings. The summed E-state index contributed by atoms with van der Waals surface area (Å²) in [5.41, 5.74) is 2.35. The van der Waals surface area contributed by atoms with Crippen molar-refractivity contribution < 1.29 is 9.47 Å². The maximum absolute atomic E-state index is 5.11. The molecular weight excluding hydrogens is 322 g/mol. The highest BCUT2D eigenvalue weighted by Crippen LogP contribution is 2.24. The molecule has 0 amide bonds. The van der Waals surface area contributed by atoms with E-state index in [0.29, 0.717) is 6.61 Å². The van der Waals surface area contributed by atoms with Gasteiger partial charge in [-0.05, 0) is 41.4 Å². The van der Waals surface area contributed by atoms with Gasteiger partial charge < -0.3 is 14.8 Å². The number of nitrogens with one attached hydrogen (secondary N) is 1. The molecular formula is C14H24BrN3O2. The third-order valence-corrected chi connectivity index (χ3v) is 3.51. The van der Waals surface area contributed by atoms with E-state index >= 15 is 0 Å². The van der Waals surface area contributed by atoms with Crippen molar-refractivity contribution in [3.8, 4) is 0 Å². The van der Waals surface area contributed by atoms with Gasteiger partial charge in [0.1, 0.15) is 0 Å². The molecule has 0 saturated carbocycles. The molecule has 0 saturated heterocycles. The summed E-state index contributed by atoms with van der Waals surface area (Å²) >= 11 is 3.56. The fraction of sp³-hybridized carbons (Fsp3) is 0.643. The molecule has 6 heteroatoms. The predicted octanol–water partition coefficient (Wildman–Crippen LogP) is 2.32.